The van der Waals surface area contributed by atoms with E-state index in [2.05, 4.69) is 31.3 Å². The third kappa shape index (κ3) is 9.13. The summed E-state index contributed by atoms with van der Waals surface area (Å²) in [5.41, 5.74) is 2.35. The fourth-order valence-electron chi connectivity index (χ4n) is 2.20. The van der Waals surface area contributed by atoms with Crippen LogP contribution in [0.15, 0.2) is 48.5 Å². The molecule has 2 rings (SSSR count). The van der Waals surface area contributed by atoms with Crippen LogP contribution in [-0.4, -0.2) is 19.3 Å². The van der Waals surface area contributed by atoms with Crippen LogP contribution in [0.5, 0.6) is 5.75 Å². The van der Waals surface area contributed by atoms with E-state index in [1.807, 2.05) is 36.4 Å². The molecule has 3 nitrogen and oxygen atoms in total. The molecule has 0 heterocycles. The van der Waals surface area contributed by atoms with Gasteiger partial charge in [0.2, 0.25) is 0 Å². The molecule has 0 spiro atoms. The molecule has 138 valence electrons. The molecule has 2 aromatic rings. The van der Waals surface area contributed by atoms with Crippen LogP contribution in [-0.2, 0) is 17.9 Å². The highest BCUT2D eigenvalue weighted by Crippen LogP contribution is 2.15. The van der Waals surface area contributed by atoms with E-state index >= 15 is 0 Å². The van der Waals surface area contributed by atoms with Crippen molar-refractivity contribution >= 4 is 24.0 Å². The highest BCUT2D eigenvalue weighted by molar-refractivity contribution is 6.30. The summed E-state index contributed by atoms with van der Waals surface area (Å²) >= 11 is 5.88. The van der Waals surface area contributed by atoms with E-state index in [9.17, 15) is 0 Å². The van der Waals surface area contributed by atoms with Gasteiger partial charge in [0.25, 0.3) is 0 Å². The summed E-state index contributed by atoms with van der Waals surface area (Å²) in [7, 11) is 0. The minimum Gasteiger partial charge on any atom is -0.489 e. The monoisotopic (exact) mass is 383 g/mol. The first-order valence-corrected chi connectivity index (χ1v) is 8.80. The van der Waals surface area contributed by atoms with Crippen LogP contribution >= 0.6 is 24.0 Å². The number of benzene rings is 2. The Bertz CT molecular complexity index is 586. The maximum absolute atomic E-state index is 5.88. The average molecular weight is 384 g/mol. The van der Waals surface area contributed by atoms with Crippen LogP contribution in [0, 0.1) is 0 Å². The standard InChI is InChI=1S/C20H26ClNO2.ClH/c1-16(2)23-13-3-12-22-14-17-6-10-20(11-7-17)24-15-18-4-8-19(21)9-5-18;/h4-11,16,22H,3,12-15H2,1-2H3;1H. The molecule has 0 saturated heterocycles. The maximum atomic E-state index is 5.88. The summed E-state index contributed by atoms with van der Waals surface area (Å²) in [6.07, 6.45) is 1.34. The molecule has 25 heavy (non-hydrogen) atoms. The first-order valence-electron chi connectivity index (χ1n) is 8.42. The summed E-state index contributed by atoms with van der Waals surface area (Å²) in [6, 6.07) is 15.9. The lowest BCUT2D eigenvalue weighted by molar-refractivity contribution is 0.0770. The molecule has 0 aliphatic rings. The largest absolute Gasteiger partial charge is 0.489 e. The van der Waals surface area contributed by atoms with E-state index in [1.165, 1.54) is 5.56 Å². The van der Waals surface area contributed by atoms with E-state index in [0.29, 0.717) is 12.7 Å². The van der Waals surface area contributed by atoms with Crippen LogP contribution in [0.25, 0.3) is 0 Å². The lowest BCUT2D eigenvalue weighted by Crippen LogP contribution is -2.17. The number of nitrogens with one attached hydrogen (secondary N) is 1. The van der Waals surface area contributed by atoms with Gasteiger partial charge in [0.15, 0.2) is 0 Å². The van der Waals surface area contributed by atoms with Crippen molar-refractivity contribution in [1.29, 1.82) is 0 Å². The zero-order chi connectivity index (χ0) is 17.2. The van der Waals surface area contributed by atoms with Crippen LogP contribution < -0.4 is 10.1 Å². The summed E-state index contributed by atoms with van der Waals surface area (Å²) in [4.78, 5) is 0. The second-order valence-corrected chi connectivity index (χ2v) is 6.45. The lowest BCUT2D eigenvalue weighted by atomic mass is 10.2. The van der Waals surface area contributed by atoms with E-state index < -0.39 is 0 Å². The Balaban J connectivity index is 0.00000312. The summed E-state index contributed by atoms with van der Waals surface area (Å²) in [6.45, 7) is 7.29. The molecule has 0 unspecified atom stereocenters. The van der Waals surface area contributed by atoms with Crippen molar-refractivity contribution in [1.82, 2.24) is 5.32 Å². The summed E-state index contributed by atoms with van der Waals surface area (Å²) < 4.78 is 11.3. The third-order valence-electron chi connectivity index (χ3n) is 3.52. The minimum absolute atomic E-state index is 0. The van der Waals surface area contributed by atoms with Crippen molar-refractivity contribution in [3.63, 3.8) is 0 Å². The molecule has 1 N–H and O–H groups in total. The van der Waals surface area contributed by atoms with Crippen molar-refractivity contribution in [2.45, 2.75) is 39.5 Å². The second-order valence-electron chi connectivity index (χ2n) is 6.01. The Morgan fingerprint density at radius 1 is 0.960 bits per heavy atom. The van der Waals surface area contributed by atoms with Crippen LogP contribution in [0.3, 0.4) is 0 Å². The van der Waals surface area contributed by atoms with Crippen LogP contribution in [0.4, 0.5) is 0 Å². The minimum atomic E-state index is 0. The first kappa shape index (κ1) is 21.8. The molecule has 0 radical (unpaired) electrons. The molecule has 0 aliphatic heterocycles. The molecular formula is C20H27Cl2NO2. The van der Waals surface area contributed by atoms with Gasteiger partial charge < -0.3 is 14.8 Å². The predicted molar refractivity (Wildman–Crippen MR) is 107 cm³/mol. The molecule has 0 amide bonds. The SMILES string of the molecule is CC(C)OCCCNCc1ccc(OCc2ccc(Cl)cc2)cc1.Cl. The number of hydrogen-bond donors (Lipinski definition) is 1. The number of ether oxygens (including phenoxy) is 2. The van der Waals surface area contributed by atoms with E-state index in [4.69, 9.17) is 21.1 Å². The zero-order valence-corrected chi connectivity index (χ0v) is 16.4. The summed E-state index contributed by atoms with van der Waals surface area (Å²) in [5.74, 6) is 0.874. The van der Waals surface area contributed by atoms with Crippen molar-refractivity contribution < 1.29 is 9.47 Å². The molecule has 5 heteroatoms. The van der Waals surface area contributed by atoms with E-state index in [0.717, 1.165) is 42.5 Å². The molecule has 2 aromatic carbocycles. The Hall–Kier alpha value is -1.26. The van der Waals surface area contributed by atoms with Crippen LogP contribution in [0.2, 0.25) is 5.02 Å². The predicted octanol–water partition coefficient (Wildman–Crippen LogP) is 5.25. The van der Waals surface area contributed by atoms with Crippen molar-refractivity contribution in [3.05, 3.63) is 64.7 Å². The smallest absolute Gasteiger partial charge is 0.119 e. The van der Waals surface area contributed by atoms with Gasteiger partial charge in [-0.15, -0.1) is 12.4 Å². The Morgan fingerprint density at radius 2 is 1.60 bits per heavy atom. The fraction of sp³-hybridized carbons (Fsp3) is 0.400. The number of halogens is 2. The molecule has 0 saturated carbocycles. The van der Waals surface area contributed by atoms with Gasteiger partial charge in [0.05, 0.1) is 6.10 Å². The van der Waals surface area contributed by atoms with Gasteiger partial charge in [-0.2, -0.15) is 0 Å². The van der Waals surface area contributed by atoms with Gasteiger partial charge in [-0.05, 0) is 62.2 Å². The number of rotatable bonds is 10. The zero-order valence-electron chi connectivity index (χ0n) is 14.8. The highest BCUT2D eigenvalue weighted by Gasteiger charge is 1.98. The van der Waals surface area contributed by atoms with E-state index in [-0.39, 0.29) is 12.4 Å². The molecule has 0 aliphatic carbocycles. The van der Waals surface area contributed by atoms with Crippen molar-refractivity contribution in [3.8, 4) is 5.75 Å². The van der Waals surface area contributed by atoms with E-state index in [1.54, 1.807) is 0 Å². The quantitative estimate of drug-likeness (QED) is 0.568. The molecule has 0 fully saturated rings. The summed E-state index contributed by atoms with van der Waals surface area (Å²) in [5, 5.41) is 4.17. The van der Waals surface area contributed by atoms with Gasteiger partial charge in [0, 0.05) is 18.2 Å². The van der Waals surface area contributed by atoms with Gasteiger partial charge in [0.1, 0.15) is 12.4 Å². The average Bonchev–Trinajstić information content (AvgIpc) is 2.58. The van der Waals surface area contributed by atoms with Gasteiger partial charge in [-0.3, -0.25) is 0 Å². The van der Waals surface area contributed by atoms with Crippen LogP contribution in [0.1, 0.15) is 31.4 Å². The molecule has 0 atom stereocenters. The Morgan fingerprint density at radius 3 is 2.24 bits per heavy atom. The van der Waals surface area contributed by atoms with Crippen molar-refractivity contribution in [2.24, 2.45) is 0 Å². The topological polar surface area (TPSA) is 30.5 Å². The second kappa shape index (κ2) is 12.2. The van der Waals surface area contributed by atoms with Crippen molar-refractivity contribution in [2.75, 3.05) is 13.2 Å². The van der Waals surface area contributed by atoms with Gasteiger partial charge >= 0.3 is 0 Å². The fourth-order valence-corrected chi connectivity index (χ4v) is 2.33. The Labute approximate surface area is 162 Å². The third-order valence-corrected chi connectivity index (χ3v) is 3.77. The number of hydrogen-bond acceptors (Lipinski definition) is 3. The molecule has 0 bridgehead atoms. The molecular weight excluding hydrogens is 357 g/mol. The Kier molecular flexibility index (Phi) is 10.6. The first-order chi connectivity index (χ1) is 11.6. The van der Waals surface area contributed by atoms with Gasteiger partial charge in [-0.25, -0.2) is 0 Å². The maximum Gasteiger partial charge on any atom is 0.119 e. The molecule has 0 aromatic heterocycles. The normalized spacial score (nSPS) is 10.6. The lowest BCUT2D eigenvalue weighted by Gasteiger charge is -2.09. The highest BCUT2D eigenvalue weighted by atomic mass is 35.5. The van der Waals surface area contributed by atoms with Gasteiger partial charge in [-0.1, -0.05) is 35.9 Å².